The molecule has 3 heteroatoms. The van der Waals surface area contributed by atoms with Crippen molar-refractivity contribution in [2.24, 2.45) is 5.92 Å². The highest BCUT2D eigenvalue weighted by Crippen LogP contribution is 2.12. The molecule has 0 saturated carbocycles. The molecule has 1 heterocycles. The maximum absolute atomic E-state index is 12.7. The van der Waals surface area contributed by atoms with Crippen LogP contribution in [0.15, 0.2) is 24.3 Å². The molecule has 1 aromatic rings. The molecular formula is C13H18FNO. The third kappa shape index (κ3) is 3.58. The molecule has 1 saturated heterocycles. The molecule has 0 amide bonds. The van der Waals surface area contributed by atoms with Crippen LogP contribution in [-0.4, -0.2) is 19.8 Å². The van der Waals surface area contributed by atoms with Gasteiger partial charge in [0, 0.05) is 19.7 Å². The average Bonchev–Trinajstić information content (AvgIpc) is 2.33. The van der Waals surface area contributed by atoms with Crippen molar-refractivity contribution in [2.75, 3.05) is 19.8 Å². The Bertz CT molecular complexity index is 306. The predicted octanol–water partition coefficient (Wildman–Crippen LogP) is 2.34. The maximum Gasteiger partial charge on any atom is 0.123 e. The van der Waals surface area contributed by atoms with Gasteiger partial charge in [-0.15, -0.1) is 0 Å². The Labute approximate surface area is 95.8 Å². The van der Waals surface area contributed by atoms with E-state index in [0.717, 1.165) is 31.9 Å². The number of hydrogen-bond acceptors (Lipinski definition) is 2. The lowest BCUT2D eigenvalue weighted by molar-refractivity contribution is 0.0547. The summed E-state index contributed by atoms with van der Waals surface area (Å²) >= 11 is 0. The summed E-state index contributed by atoms with van der Waals surface area (Å²) in [5, 5.41) is 3.39. The van der Waals surface area contributed by atoms with Crippen molar-refractivity contribution in [1.29, 1.82) is 0 Å². The second-order valence-corrected chi connectivity index (χ2v) is 4.34. The highest BCUT2D eigenvalue weighted by atomic mass is 19.1. The molecule has 0 aromatic heterocycles. The monoisotopic (exact) mass is 223 g/mol. The summed E-state index contributed by atoms with van der Waals surface area (Å²) < 4.78 is 18.1. The van der Waals surface area contributed by atoms with E-state index < -0.39 is 0 Å². The molecule has 16 heavy (non-hydrogen) atoms. The number of hydrogen-bond donors (Lipinski definition) is 1. The fourth-order valence-electron chi connectivity index (χ4n) is 1.99. The van der Waals surface area contributed by atoms with Crippen LogP contribution in [0, 0.1) is 11.7 Å². The molecular weight excluding hydrogens is 205 g/mol. The first kappa shape index (κ1) is 11.6. The zero-order chi connectivity index (χ0) is 11.2. The van der Waals surface area contributed by atoms with Gasteiger partial charge in [0.15, 0.2) is 0 Å². The van der Waals surface area contributed by atoms with E-state index in [4.69, 9.17) is 4.74 Å². The minimum atomic E-state index is -0.176. The molecule has 0 spiro atoms. The molecule has 0 radical (unpaired) electrons. The van der Waals surface area contributed by atoms with Crippen LogP contribution in [0.2, 0.25) is 0 Å². The van der Waals surface area contributed by atoms with Crippen molar-refractivity contribution < 1.29 is 9.13 Å². The van der Waals surface area contributed by atoms with Crippen LogP contribution < -0.4 is 5.32 Å². The molecule has 2 rings (SSSR count). The zero-order valence-corrected chi connectivity index (χ0v) is 9.42. The summed E-state index contributed by atoms with van der Waals surface area (Å²) in [6.07, 6.45) is 2.42. The minimum Gasteiger partial charge on any atom is -0.381 e. The Balaban J connectivity index is 1.69. The first-order valence-corrected chi connectivity index (χ1v) is 5.87. The lowest BCUT2D eigenvalue weighted by Gasteiger charge is -2.22. The summed E-state index contributed by atoms with van der Waals surface area (Å²) in [6.45, 7) is 3.57. The van der Waals surface area contributed by atoms with Gasteiger partial charge in [0.05, 0.1) is 6.61 Å². The Hall–Kier alpha value is -0.930. The van der Waals surface area contributed by atoms with Crippen LogP contribution in [0.1, 0.15) is 18.4 Å². The van der Waals surface area contributed by atoms with Gasteiger partial charge in [0.1, 0.15) is 5.82 Å². The van der Waals surface area contributed by atoms with E-state index in [2.05, 4.69) is 5.32 Å². The molecule has 1 aliphatic rings. The molecule has 2 nitrogen and oxygen atoms in total. The molecule has 0 aliphatic carbocycles. The van der Waals surface area contributed by atoms with Gasteiger partial charge in [0.25, 0.3) is 0 Å². The van der Waals surface area contributed by atoms with E-state index in [1.807, 2.05) is 12.1 Å². The topological polar surface area (TPSA) is 21.3 Å². The van der Waals surface area contributed by atoms with Crippen LogP contribution in [0.3, 0.4) is 0 Å². The summed E-state index contributed by atoms with van der Waals surface area (Å²) in [4.78, 5) is 0. The second-order valence-electron chi connectivity index (χ2n) is 4.34. The third-order valence-corrected chi connectivity index (χ3v) is 2.93. The third-order valence-electron chi connectivity index (χ3n) is 2.93. The van der Waals surface area contributed by atoms with E-state index in [0.29, 0.717) is 5.92 Å². The number of ether oxygens (including phenoxy) is 1. The number of benzene rings is 1. The Morgan fingerprint density at radius 1 is 1.31 bits per heavy atom. The second kappa shape index (κ2) is 5.97. The van der Waals surface area contributed by atoms with Crippen LogP contribution in [0.5, 0.6) is 0 Å². The Kier molecular flexibility index (Phi) is 4.31. The van der Waals surface area contributed by atoms with Crippen LogP contribution >= 0.6 is 0 Å². The molecule has 1 fully saturated rings. The van der Waals surface area contributed by atoms with Crippen molar-refractivity contribution >= 4 is 0 Å². The van der Waals surface area contributed by atoms with Crippen molar-refractivity contribution in [3.8, 4) is 0 Å². The largest absolute Gasteiger partial charge is 0.381 e. The summed E-state index contributed by atoms with van der Waals surface area (Å²) in [6, 6.07) is 6.64. The van der Waals surface area contributed by atoms with E-state index >= 15 is 0 Å². The highest BCUT2D eigenvalue weighted by molar-refractivity contribution is 5.15. The quantitative estimate of drug-likeness (QED) is 0.846. The number of nitrogens with one attached hydrogen (secondary N) is 1. The zero-order valence-electron chi connectivity index (χ0n) is 9.42. The van der Waals surface area contributed by atoms with E-state index in [-0.39, 0.29) is 5.82 Å². The van der Waals surface area contributed by atoms with Gasteiger partial charge in [-0.25, -0.2) is 4.39 Å². The molecule has 88 valence electrons. The summed E-state index contributed by atoms with van der Waals surface area (Å²) in [5.74, 6) is 0.457. The lowest BCUT2D eigenvalue weighted by atomic mass is 10.0. The van der Waals surface area contributed by atoms with Crippen LogP contribution in [-0.2, 0) is 11.3 Å². The minimum absolute atomic E-state index is 0.176. The van der Waals surface area contributed by atoms with Crippen molar-refractivity contribution in [3.05, 3.63) is 35.6 Å². The molecule has 1 aliphatic heterocycles. The number of rotatable bonds is 4. The highest BCUT2D eigenvalue weighted by Gasteiger charge is 2.12. The summed E-state index contributed by atoms with van der Waals surface area (Å²) in [7, 11) is 0. The van der Waals surface area contributed by atoms with E-state index in [1.165, 1.54) is 25.0 Å². The van der Waals surface area contributed by atoms with Crippen molar-refractivity contribution in [2.45, 2.75) is 19.4 Å². The van der Waals surface area contributed by atoms with Gasteiger partial charge in [-0.05, 0) is 36.5 Å². The van der Waals surface area contributed by atoms with Gasteiger partial charge in [-0.2, -0.15) is 0 Å². The molecule has 1 unspecified atom stereocenters. The predicted molar refractivity (Wildman–Crippen MR) is 61.6 cm³/mol. The standard InChI is InChI=1S/C13H18FNO/c14-13-5-3-11(4-6-13)8-15-9-12-2-1-7-16-10-12/h3-6,12,15H,1-2,7-10H2. The fourth-order valence-corrected chi connectivity index (χ4v) is 1.99. The first-order chi connectivity index (χ1) is 7.84. The number of halogens is 1. The normalized spacial score (nSPS) is 20.9. The molecule has 1 N–H and O–H groups in total. The van der Waals surface area contributed by atoms with Crippen molar-refractivity contribution in [1.82, 2.24) is 5.32 Å². The lowest BCUT2D eigenvalue weighted by Crippen LogP contribution is -2.28. The van der Waals surface area contributed by atoms with Crippen LogP contribution in [0.25, 0.3) is 0 Å². The first-order valence-electron chi connectivity index (χ1n) is 5.87. The molecule has 1 aromatic carbocycles. The van der Waals surface area contributed by atoms with Gasteiger partial charge in [0.2, 0.25) is 0 Å². The smallest absolute Gasteiger partial charge is 0.123 e. The average molecular weight is 223 g/mol. The van der Waals surface area contributed by atoms with Crippen molar-refractivity contribution in [3.63, 3.8) is 0 Å². The van der Waals surface area contributed by atoms with Gasteiger partial charge in [-0.3, -0.25) is 0 Å². The SMILES string of the molecule is Fc1ccc(CNCC2CCCOC2)cc1. The fraction of sp³-hybridized carbons (Fsp3) is 0.538. The van der Waals surface area contributed by atoms with Crippen LogP contribution in [0.4, 0.5) is 4.39 Å². The Morgan fingerprint density at radius 3 is 2.81 bits per heavy atom. The summed E-state index contributed by atoms with van der Waals surface area (Å²) in [5.41, 5.74) is 1.12. The maximum atomic E-state index is 12.7. The van der Waals surface area contributed by atoms with E-state index in [1.54, 1.807) is 0 Å². The van der Waals surface area contributed by atoms with Gasteiger partial charge < -0.3 is 10.1 Å². The Morgan fingerprint density at radius 2 is 2.12 bits per heavy atom. The molecule has 1 atom stereocenters. The van der Waals surface area contributed by atoms with Gasteiger partial charge >= 0.3 is 0 Å². The van der Waals surface area contributed by atoms with E-state index in [9.17, 15) is 4.39 Å². The van der Waals surface area contributed by atoms with Gasteiger partial charge in [-0.1, -0.05) is 12.1 Å². The molecule has 0 bridgehead atoms.